The first-order chi connectivity index (χ1) is 10.0. The van der Waals surface area contributed by atoms with Crippen molar-refractivity contribution in [2.45, 2.75) is 35.6 Å². The summed E-state index contributed by atoms with van der Waals surface area (Å²) in [4.78, 5) is 6.59. The molecule has 0 amide bonds. The molecular formula is C16H19N3S2. The highest BCUT2D eigenvalue weighted by Crippen LogP contribution is 2.34. The Hall–Kier alpha value is -1.46. The standard InChI is InChI=1S/C16H19N3S2/c1-4-20-12-6-5-7-13(15(12)16(17)18)21-14-9-10(2)8-11(3)19-14/h5-9H,4H2,1-3H3,(H3,17,18). The van der Waals surface area contributed by atoms with Crippen molar-refractivity contribution in [2.75, 3.05) is 5.75 Å². The van der Waals surface area contributed by atoms with Gasteiger partial charge in [-0.3, -0.25) is 5.41 Å². The summed E-state index contributed by atoms with van der Waals surface area (Å²) >= 11 is 3.27. The van der Waals surface area contributed by atoms with Gasteiger partial charge in [0.05, 0.1) is 0 Å². The summed E-state index contributed by atoms with van der Waals surface area (Å²) in [6.07, 6.45) is 0. The van der Waals surface area contributed by atoms with Crippen molar-refractivity contribution in [2.24, 2.45) is 5.73 Å². The Bertz CT molecular complexity index is 648. The van der Waals surface area contributed by atoms with Crippen LogP contribution in [0.15, 0.2) is 45.1 Å². The average molecular weight is 317 g/mol. The van der Waals surface area contributed by atoms with Crippen LogP contribution in [-0.2, 0) is 0 Å². The van der Waals surface area contributed by atoms with Crippen LogP contribution in [0.25, 0.3) is 0 Å². The summed E-state index contributed by atoms with van der Waals surface area (Å²) in [5, 5.41) is 8.82. The van der Waals surface area contributed by atoms with Gasteiger partial charge in [-0.05, 0) is 49.4 Å². The molecular weight excluding hydrogens is 298 g/mol. The van der Waals surface area contributed by atoms with E-state index in [9.17, 15) is 0 Å². The van der Waals surface area contributed by atoms with Crippen LogP contribution < -0.4 is 5.73 Å². The zero-order chi connectivity index (χ0) is 15.4. The lowest BCUT2D eigenvalue weighted by molar-refractivity contribution is 1.04. The predicted molar refractivity (Wildman–Crippen MR) is 91.7 cm³/mol. The number of nitrogen functional groups attached to an aromatic ring is 1. The molecule has 0 bridgehead atoms. The van der Waals surface area contributed by atoms with Crippen molar-refractivity contribution >= 4 is 29.4 Å². The monoisotopic (exact) mass is 317 g/mol. The largest absolute Gasteiger partial charge is 0.384 e. The Balaban J connectivity index is 2.43. The van der Waals surface area contributed by atoms with E-state index >= 15 is 0 Å². The number of pyridine rings is 1. The molecule has 1 aromatic carbocycles. The average Bonchev–Trinajstić information content (AvgIpc) is 2.37. The lowest BCUT2D eigenvalue weighted by atomic mass is 10.2. The molecule has 1 heterocycles. The van der Waals surface area contributed by atoms with Crippen LogP contribution in [-0.4, -0.2) is 16.6 Å². The van der Waals surface area contributed by atoms with E-state index in [1.54, 1.807) is 23.5 Å². The Morgan fingerprint density at radius 1 is 1.24 bits per heavy atom. The van der Waals surface area contributed by atoms with Gasteiger partial charge in [-0.1, -0.05) is 24.8 Å². The molecule has 0 aliphatic rings. The third kappa shape index (κ3) is 4.02. The molecule has 21 heavy (non-hydrogen) atoms. The van der Waals surface area contributed by atoms with E-state index in [4.69, 9.17) is 11.1 Å². The van der Waals surface area contributed by atoms with Gasteiger partial charge in [-0.25, -0.2) is 4.98 Å². The summed E-state index contributed by atoms with van der Waals surface area (Å²) in [7, 11) is 0. The molecule has 0 aliphatic carbocycles. The van der Waals surface area contributed by atoms with Crippen molar-refractivity contribution in [1.29, 1.82) is 5.41 Å². The Morgan fingerprint density at radius 2 is 1.95 bits per heavy atom. The minimum Gasteiger partial charge on any atom is -0.384 e. The van der Waals surface area contributed by atoms with Gasteiger partial charge in [-0.2, -0.15) is 0 Å². The zero-order valence-corrected chi connectivity index (χ0v) is 14.1. The van der Waals surface area contributed by atoms with E-state index in [1.807, 2.05) is 25.1 Å². The van der Waals surface area contributed by atoms with E-state index in [2.05, 4.69) is 31.0 Å². The number of nitrogens with two attached hydrogens (primary N) is 1. The van der Waals surface area contributed by atoms with Gasteiger partial charge in [0, 0.05) is 21.0 Å². The van der Waals surface area contributed by atoms with E-state index in [-0.39, 0.29) is 5.84 Å². The lowest BCUT2D eigenvalue weighted by Crippen LogP contribution is -2.13. The topological polar surface area (TPSA) is 62.8 Å². The highest BCUT2D eigenvalue weighted by atomic mass is 32.2. The highest BCUT2D eigenvalue weighted by molar-refractivity contribution is 8.00. The maximum Gasteiger partial charge on any atom is 0.125 e. The van der Waals surface area contributed by atoms with Crippen molar-refractivity contribution in [3.63, 3.8) is 0 Å². The molecule has 3 nitrogen and oxygen atoms in total. The van der Waals surface area contributed by atoms with Crippen LogP contribution in [0.5, 0.6) is 0 Å². The van der Waals surface area contributed by atoms with Gasteiger partial charge in [0.2, 0.25) is 0 Å². The van der Waals surface area contributed by atoms with Gasteiger partial charge in [-0.15, -0.1) is 11.8 Å². The van der Waals surface area contributed by atoms with Gasteiger partial charge in [0.25, 0.3) is 0 Å². The minimum absolute atomic E-state index is 0.110. The van der Waals surface area contributed by atoms with Crippen molar-refractivity contribution in [1.82, 2.24) is 4.98 Å². The lowest BCUT2D eigenvalue weighted by Gasteiger charge is -2.12. The third-order valence-electron chi connectivity index (χ3n) is 2.85. The van der Waals surface area contributed by atoms with Crippen molar-refractivity contribution in [3.05, 3.63) is 47.2 Å². The Labute approximate surface area is 134 Å². The summed E-state index contributed by atoms with van der Waals surface area (Å²) < 4.78 is 0. The van der Waals surface area contributed by atoms with Gasteiger partial charge >= 0.3 is 0 Å². The van der Waals surface area contributed by atoms with Crippen LogP contribution in [0.4, 0.5) is 0 Å². The number of amidine groups is 1. The fraction of sp³-hybridized carbons (Fsp3) is 0.250. The number of hydrogen-bond acceptors (Lipinski definition) is 4. The number of hydrogen-bond donors (Lipinski definition) is 2. The normalized spacial score (nSPS) is 10.6. The van der Waals surface area contributed by atoms with Crippen LogP contribution in [0.3, 0.4) is 0 Å². The molecule has 110 valence electrons. The zero-order valence-electron chi connectivity index (χ0n) is 12.4. The Morgan fingerprint density at radius 3 is 2.57 bits per heavy atom. The maximum atomic E-state index is 7.88. The molecule has 0 fully saturated rings. The first-order valence-corrected chi connectivity index (χ1v) is 8.54. The highest BCUT2D eigenvalue weighted by Gasteiger charge is 2.13. The molecule has 5 heteroatoms. The number of thioether (sulfide) groups is 1. The summed E-state index contributed by atoms with van der Waals surface area (Å²) in [6.45, 7) is 6.15. The van der Waals surface area contributed by atoms with E-state index < -0.39 is 0 Å². The molecule has 0 unspecified atom stereocenters. The van der Waals surface area contributed by atoms with Crippen LogP contribution in [0.2, 0.25) is 0 Å². The number of aryl methyl sites for hydroxylation is 2. The molecule has 2 aromatic rings. The molecule has 0 aliphatic heterocycles. The van der Waals surface area contributed by atoms with E-state index in [0.717, 1.165) is 31.8 Å². The second kappa shape index (κ2) is 7.00. The smallest absolute Gasteiger partial charge is 0.125 e. The predicted octanol–water partition coefficient (Wildman–Crippen LogP) is 4.25. The first kappa shape index (κ1) is 15.9. The molecule has 2 rings (SSSR count). The van der Waals surface area contributed by atoms with Gasteiger partial charge in [0.15, 0.2) is 0 Å². The third-order valence-corrected chi connectivity index (χ3v) is 4.76. The molecule has 0 radical (unpaired) electrons. The first-order valence-electron chi connectivity index (χ1n) is 6.74. The fourth-order valence-corrected chi connectivity index (χ4v) is 4.15. The van der Waals surface area contributed by atoms with Gasteiger partial charge in [0.1, 0.15) is 10.9 Å². The molecule has 0 spiro atoms. The maximum absolute atomic E-state index is 7.88. The molecule has 0 saturated carbocycles. The Kier molecular flexibility index (Phi) is 5.31. The van der Waals surface area contributed by atoms with Crippen molar-refractivity contribution in [3.8, 4) is 0 Å². The molecule has 3 N–H and O–H groups in total. The number of nitrogens with zero attached hydrogens (tertiary/aromatic N) is 1. The number of aromatic nitrogens is 1. The van der Waals surface area contributed by atoms with Crippen LogP contribution >= 0.6 is 23.5 Å². The second-order valence-corrected chi connectivity index (χ2v) is 7.07. The fourth-order valence-electron chi connectivity index (χ4n) is 2.11. The van der Waals surface area contributed by atoms with Crippen LogP contribution in [0, 0.1) is 19.3 Å². The number of benzene rings is 1. The molecule has 0 atom stereocenters. The number of rotatable bonds is 5. The van der Waals surface area contributed by atoms with Crippen molar-refractivity contribution < 1.29 is 0 Å². The molecule has 1 aromatic heterocycles. The summed E-state index contributed by atoms with van der Waals surface area (Å²) in [5.41, 5.74) is 8.80. The summed E-state index contributed by atoms with van der Waals surface area (Å²) in [5.74, 6) is 1.06. The SMILES string of the molecule is CCSc1cccc(Sc2cc(C)cc(C)n2)c1C(=N)N. The van der Waals surface area contributed by atoms with E-state index in [1.165, 1.54) is 5.56 Å². The van der Waals surface area contributed by atoms with Crippen LogP contribution in [0.1, 0.15) is 23.7 Å². The number of nitrogens with one attached hydrogen (secondary N) is 1. The summed E-state index contributed by atoms with van der Waals surface area (Å²) in [6, 6.07) is 10.1. The minimum atomic E-state index is 0.110. The quantitative estimate of drug-likeness (QED) is 0.492. The van der Waals surface area contributed by atoms with Gasteiger partial charge < -0.3 is 5.73 Å². The second-order valence-electron chi connectivity index (χ2n) is 4.70. The molecule has 0 saturated heterocycles. The van der Waals surface area contributed by atoms with E-state index in [0.29, 0.717) is 0 Å².